The van der Waals surface area contributed by atoms with Gasteiger partial charge in [-0.15, -0.1) is 0 Å². The molecular formula is C8H7NaOS. The molecule has 0 spiro atoms. The summed E-state index contributed by atoms with van der Waals surface area (Å²) in [6, 6.07) is 6.99. The Morgan fingerprint density at radius 3 is 2.09 bits per heavy atom. The van der Waals surface area contributed by atoms with E-state index in [0.717, 1.165) is 4.90 Å². The monoisotopic (exact) mass is 174 g/mol. The first-order valence-electron chi connectivity index (χ1n) is 2.98. The third kappa shape index (κ3) is 3.34. The molecule has 0 saturated heterocycles. The van der Waals surface area contributed by atoms with E-state index in [1.807, 2.05) is 0 Å². The summed E-state index contributed by atoms with van der Waals surface area (Å²) in [5.74, 6) is 0.0787. The van der Waals surface area contributed by atoms with Gasteiger partial charge in [0, 0.05) is 5.56 Å². The van der Waals surface area contributed by atoms with E-state index in [-0.39, 0.29) is 35.3 Å². The minimum Gasteiger partial charge on any atom is -0.780 e. The van der Waals surface area contributed by atoms with E-state index in [4.69, 9.17) is 12.6 Å². The maximum atomic E-state index is 10.7. The summed E-state index contributed by atoms with van der Waals surface area (Å²) in [7, 11) is 0. The molecule has 0 aliphatic heterocycles. The Morgan fingerprint density at radius 1 is 1.27 bits per heavy atom. The Labute approximate surface area is 93.9 Å². The molecule has 1 aromatic carbocycles. The zero-order valence-electron chi connectivity index (χ0n) is 6.63. The van der Waals surface area contributed by atoms with Crippen LogP contribution in [-0.2, 0) is 12.6 Å². The molecule has 0 amide bonds. The van der Waals surface area contributed by atoms with Crippen LogP contribution in [0.25, 0.3) is 0 Å². The molecule has 0 saturated carbocycles. The molecule has 0 unspecified atom stereocenters. The number of ketones is 1. The maximum absolute atomic E-state index is 10.7. The van der Waals surface area contributed by atoms with Crippen molar-refractivity contribution >= 4 is 18.4 Å². The Morgan fingerprint density at radius 2 is 1.73 bits per heavy atom. The van der Waals surface area contributed by atoms with Gasteiger partial charge in [-0.05, 0) is 6.92 Å². The van der Waals surface area contributed by atoms with Crippen LogP contribution in [0.15, 0.2) is 29.2 Å². The van der Waals surface area contributed by atoms with Gasteiger partial charge in [0.2, 0.25) is 0 Å². The van der Waals surface area contributed by atoms with Crippen LogP contribution in [0.1, 0.15) is 17.3 Å². The van der Waals surface area contributed by atoms with Crippen molar-refractivity contribution in [3.05, 3.63) is 29.8 Å². The second kappa shape index (κ2) is 4.88. The molecule has 0 aliphatic rings. The summed E-state index contributed by atoms with van der Waals surface area (Å²) in [6.45, 7) is 1.54. The molecule has 0 atom stereocenters. The normalized spacial score (nSPS) is 8.45. The molecule has 0 N–H and O–H groups in total. The van der Waals surface area contributed by atoms with Crippen LogP contribution in [0.2, 0.25) is 0 Å². The van der Waals surface area contributed by atoms with Crippen molar-refractivity contribution in [1.82, 2.24) is 0 Å². The smallest absolute Gasteiger partial charge is 0.780 e. The zero-order valence-corrected chi connectivity index (χ0v) is 9.44. The van der Waals surface area contributed by atoms with Gasteiger partial charge in [0.15, 0.2) is 5.78 Å². The van der Waals surface area contributed by atoms with Gasteiger partial charge in [0.25, 0.3) is 0 Å². The van der Waals surface area contributed by atoms with E-state index in [1.54, 1.807) is 31.2 Å². The van der Waals surface area contributed by atoms with Crippen molar-refractivity contribution < 1.29 is 34.4 Å². The van der Waals surface area contributed by atoms with E-state index in [2.05, 4.69) is 0 Å². The predicted molar refractivity (Wildman–Crippen MR) is 42.1 cm³/mol. The molecule has 0 fully saturated rings. The molecule has 0 aromatic heterocycles. The molecule has 1 nitrogen and oxygen atoms in total. The van der Waals surface area contributed by atoms with Gasteiger partial charge >= 0.3 is 29.6 Å². The molecule has 3 heteroatoms. The molecule has 1 aromatic rings. The van der Waals surface area contributed by atoms with Gasteiger partial charge in [0.1, 0.15) is 0 Å². The first kappa shape index (κ1) is 11.1. The van der Waals surface area contributed by atoms with E-state index < -0.39 is 0 Å². The van der Waals surface area contributed by atoms with Crippen LogP contribution in [0, 0.1) is 0 Å². The summed E-state index contributed by atoms with van der Waals surface area (Å²) in [4.78, 5) is 11.5. The van der Waals surface area contributed by atoms with Gasteiger partial charge in [-0.3, -0.25) is 4.79 Å². The molecule has 52 valence electrons. The number of benzene rings is 1. The fourth-order valence-electron chi connectivity index (χ4n) is 0.690. The third-order valence-electron chi connectivity index (χ3n) is 1.26. The number of carbonyl (C=O) groups excluding carboxylic acids is 1. The Balaban J connectivity index is 0.000001000. The van der Waals surface area contributed by atoms with Crippen LogP contribution in [0.3, 0.4) is 0 Å². The third-order valence-corrected chi connectivity index (χ3v) is 1.53. The Kier molecular flexibility index (Phi) is 4.93. The van der Waals surface area contributed by atoms with Crippen LogP contribution in [0.5, 0.6) is 0 Å². The van der Waals surface area contributed by atoms with E-state index >= 15 is 0 Å². The van der Waals surface area contributed by atoms with Crippen molar-refractivity contribution in [2.24, 2.45) is 0 Å². The number of hydrogen-bond donors (Lipinski definition) is 0. The summed E-state index contributed by atoms with van der Waals surface area (Å²) in [5, 5.41) is 0. The van der Waals surface area contributed by atoms with Crippen LogP contribution >= 0.6 is 0 Å². The van der Waals surface area contributed by atoms with Crippen molar-refractivity contribution in [3.63, 3.8) is 0 Å². The molecule has 0 radical (unpaired) electrons. The van der Waals surface area contributed by atoms with Crippen molar-refractivity contribution in [3.8, 4) is 0 Å². The topological polar surface area (TPSA) is 17.1 Å². The van der Waals surface area contributed by atoms with Gasteiger partial charge in [-0.25, -0.2) is 0 Å². The second-order valence-electron chi connectivity index (χ2n) is 2.08. The van der Waals surface area contributed by atoms with Gasteiger partial charge in [-0.2, -0.15) is 4.90 Å². The summed E-state index contributed by atoms with van der Waals surface area (Å²) in [5.41, 5.74) is 0.716. The molecular weight excluding hydrogens is 167 g/mol. The zero-order chi connectivity index (χ0) is 7.56. The largest absolute Gasteiger partial charge is 1.00 e. The second-order valence-corrected chi connectivity index (χ2v) is 2.55. The summed E-state index contributed by atoms with van der Waals surface area (Å²) in [6.07, 6.45) is 0. The SMILES string of the molecule is CC(=O)c1ccc([S-])cc1.[Na+]. The fourth-order valence-corrected chi connectivity index (χ4v) is 0.826. The van der Waals surface area contributed by atoms with E-state index in [1.165, 1.54) is 0 Å². The Hall–Kier alpha value is 0.110. The summed E-state index contributed by atoms with van der Waals surface area (Å²) >= 11 is 4.85. The van der Waals surface area contributed by atoms with Crippen molar-refractivity contribution in [1.29, 1.82) is 0 Å². The van der Waals surface area contributed by atoms with Crippen molar-refractivity contribution in [2.45, 2.75) is 11.8 Å². The van der Waals surface area contributed by atoms with E-state index in [9.17, 15) is 4.79 Å². The van der Waals surface area contributed by atoms with Crippen LogP contribution < -0.4 is 29.6 Å². The summed E-state index contributed by atoms with van der Waals surface area (Å²) < 4.78 is 0. The van der Waals surface area contributed by atoms with Gasteiger partial charge in [0.05, 0.1) is 0 Å². The molecule has 0 bridgehead atoms. The molecule has 1 rings (SSSR count). The minimum atomic E-state index is 0. The standard InChI is InChI=1S/C8H8OS.Na/c1-6(9)7-2-4-8(10)5-3-7;/h2-5,10H,1H3;/q;+1/p-1. The average molecular weight is 174 g/mol. The number of carbonyl (C=O) groups is 1. The average Bonchev–Trinajstić information content (AvgIpc) is 1.88. The van der Waals surface area contributed by atoms with E-state index in [0.29, 0.717) is 5.56 Å². The fraction of sp³-hybridized carbons (Fsp3) is 0.125. The van der Waals surface area contributed by atoms with Crippen molar-refractivity contribution in [2.75, 3.05) is 0 Å². The number of rotatable bonds is 1. The van der Waals surface area contributed by atoms with Gasteiger partial charge < -0.3 is 12.6 Å². The van der Waals surface area contributed by atoms with Gasteiger partial charge in [-0.1, -0.05) is 24.3 Å². The predicted octanol–water partition coefficient (Wildman–Crippen LogP) is -1.20. The molecule has 0 aliphatic carbocycles. The van der Waals surface area contributed by atoms with Crippen LogP contribution in [-0.4, -0.2) is 5.78 Å². The maximum Gasteiger partial charge on any atom is 1.00 e. The first-order valence-corrected chi connectivity index (χ1v) is 3.39. The first-order chi connectivity index (χ1) is 4.70. The quantitative estimate of drug-likeness (QED) is 0.302. The number of Topliss-reactive ketones (excluding diaryl/α,β-unsaturated/α-hetero) is 1. The Bertz CT molecular complexity index is 243. The minimum absolute atomic E-state index is 0. The van der Waals surface area contributed by atoms with Crippen LogP contribution in [0.4, 0.5) is 0 Å². The molecule has 11 heavy (non-hydrogen) atoms. The number of hydrogen-bond acceptors (Lipinski definition) is 2. The molecule has 0 heterocycles.